The Bertz CT molecular complexity index is 647. The number of aromatic amines is 2. The van der Waals surface area contributed by atoms with Crippen LogP contribution in [0.2, 0.25) is 0 Å². The van der Waals surface area contributed by atoms with Gasteiger partial charge in [0, 0.05) is 12.6 Å². The van der Waals surface area contributed by atoms with Gasteiger partial charge in [0.2, 0.25) is 0 Å². The molecule has 2 unspecified atom stereocenters. The molecule has 2 aromatic rings. The number of imidazole rings is 1. The van der Waals surface area contributed by atoms with Gasteiger partial charge in [-0.25, -0.2) is 4.79 Å². The lowest BCUT2D eigenvalue weighted by atomic mass is 10.1. The molecule has 1 aromatic heterocycles. The van der Waals surface area contributed by atoms with Crippen LogP contribution in [0, 0.1) is 0 Å². The number of rotatable bonds is 4. The second-order valence-corrected chi connectivity index (χ2v) is 4.57. The van der Waals surface area contributed by atoms with Crippen molar-refractivity contribution in [3.05, 3.63) is 34.2 Å². The maximum absolute atomic E-state index is 12.2. The van der Waals surface area contributed by atoms with Crippen molar-refractivity contribution >= 4 is 11.0 Å². The summed E-state index contributed by atoms with van der Waals surface area (Å²) >= 11 is 0. The van der Waals surface area contributed by atoms with E-state index < -0.39 is 24.9 Å². The molecule has 0 amide bonds. The molecule has 0 saturated carbocycles. The predicted octanol–water partition coefficient (Wildman–Crippen LogP) is 1.43. The molecule has 2 rings (SSSR count). The molecule has 0 aliphatic carbocycles. The highest BCUT2D eigenvalue weighted by molar-refractivity contribution is 5.75. The summed E-state index contributed by atoms with van der Waals surface area (Å²) in [6, 6.07) is 4.64. The van der Waals surface area contributed by atoms with Crippen LogP contribution in [-0.2, 0) is 0 Å². The fourth-order valence-corrected chi connectivity index (χ4v) is 1.84. The molecule has 2 atom stereocenters. The fourth-order valence-electron chi connectivity index (χ4n) is 1.84. The van der Waals surface area contributed by atoms with Gasteiger partial charge >= 0.3 is 11.9 Å². The van der Waals surface area contributed by atoms with Crippen molar-refractivity contribution < 1.29 is 18.3 Å². The molecule has 0 bridgehead atoms. The van der Waals surface area contributed by atoms with Crippen molar-refractivity contribution in [2.45, 2.75) is 25.2 Å². The van der Waals surface area contributed by atoms with Crippen LogP contribution in [0.25, 0.3) is 11.0 Å². The second-order valence-electron chi connectivity index (χ2n) is 4.57. The average molecular weight is 289 g/mol. The lowest BCUT2D eigenvalue weighted by molar-refractivity contribution is -0.202. The van der Waals surface area contributed by atoms with E-state index in [1.165, 1.54) is 0 Å². The molecule has 0 radical (unpaired) electrons. The van der Waals surface area contributed by atoms with Crippen LogP contribution in [0.3, 0.4) is 0 Å². The summed E-state index contributed by atoms with van der Waals surface area (Å²) in [5.74, 6) is 0. The molecular weight excluding hydrogens is 275 g/mol. The van der Waals surface area contributed by atoms with Gasteiger partial charge in [0.05, 0.1) is 11.0 Å². The highest BCUT2D eigenvalue weighted by Gasteiger charge is 2.37. The summed E-state index contributed by atoms with van der Waals surface area (Å²) in [6.45, 7) is 1.08. The van der Waals surface area contributed by atoms with Crippen molar-refractivity contribution in [3.8, 4) is 0 Å². The van der Waals surface area contributed by atoms with Gasteiger partial charge in [-0.15, -0.1) is 0 Å². The molecule has 1 aromatic carbocycles. The first-order valence-electron chi connectivity index (χ1n) is 5.97. The third-order valence-electron chi connectivity index (χ3n) is 3.04. The summed E-state index contributed by atoms with van der Waals surface area (Å²) in [7, 11) is 0. The van der Waals surface area contributed by atoms with E-state index in [1.807, 2.05) is 0 Å². The van der Waals surface area contributed by atoms with E-state index >= 15 is 0 Å². The molecule has 0 aliphatic rings. The normalized spacial score (nSPS) is 15.4. The molecule has 1 heterocycles. The number of alkyl halides is 3. The van der Waals surface area contributed by atoms with Crippen LogP contribution in [-0.4, -0.2) is 33.9 Å². The van der Waals surface area contributed by atoms with E-state index in [1.54, 1.807) is 25.1 Å². The number of nitrogens with one attached hydrogen (secondary N) is 3. The predicted molar refractivity (Wildman–Crippen MR) is 67.4 cm³/mol. The molecule has 5 nitrogen and oxygen atoms in total. The number of aromatic nitrogens is 2. The van der Waals surface area contributed by atoms with Gasteiger partial charge in [0.15, 0.2) is 6.10 Å². The molecule has 0 saturated heterocycles. The first kappa shape index (κ1) is 14.6. The van der Waals surface area contributed by atoms with Crippen LogP contribution in [0.5, 0.6) is 0 Å². The fraction of sp³-hybridized carbons (Fsp3) is 0.417. The average Bonchev–Trinajstić information content (AvgIpc) is 2.73. The van der Waals surface area contributed by atoms with E-state index in [0.717, 1.165) is 0 Å². The Labute approximate surface area is 111 Å². The van der Waals surface area contributed by atoms with Gasteiger partial charge in [-0.1, -0.05) is 6.07 Å². The zero-order valence-electron chi connectivity index (χ0n) is 10.6. The Kier molecular flexibility index (Phi) is 3.87. The van der Waals surface area contributed by atoms with Crippen molar-refractivity contribution in [1.29, 1.82) is 0 Å². The molecule has 0 spiro atoms. The van der Waals surface area contributed by atoms with E-state index in [4.69, 9.17) is 5.11 Å². The van der Waals surface area contributed by atoms with Crippen molar-refractivity contribution in [2.24, 2.45) is 0 Å². The topological polar surface area (TPSA) is 80.9 Å². The summed E-state index contributed by atoms with van der Waals surface area (Å²) < 4.78 is 36.5. The minimum atomic E-state index is -4.64. The van der Waals surface area contributed by atoms with Gasteiger partial charge in [0.25, 0.3) is 0 Å². The summed E-state index contributed by atoms with van der Waals surface area (Å²) in [6.07, 6.45) is -7.04. The maximum Gasteiger partial charge on any atom is 0.415 e. The van der Waals surface area contributed by atoms with E-state index in [9.17, 15) is 18.0 Å². The zero-order valence-corrected chi connectivity index (χ0v) is 10.6. The number of fused-ring (bicyclic) bond motifs is 1. The molecule has 0 aliphatic heterocycles. The van der Waals surface area contributed by atoms with Crippen LogP contribution in [0.4, 0.5) is 13.2 Å². The largest absolute Gasteiger partial charge is 0.415 e. The van der Waals surface area contributed by atoms with Crippen molar-refractivity contribution in [1.82, 2.24) is 15.3 Å². The first-order valence-corrected chi connectivity index (χ1v) is 5.97. The van der Waals surface area contributed by atoms with Gasteiger partial charge in [-0.05, 0) is 24.6 Å². The van der Waals surface area contributed by atoms with Crippen molar-refractivity contribution in [3.63, 3.8) is 0 Å². The Balaban J connectivity index is 2.07. The molecule has 8 heteroatoms. The van der Waals surface area contributed by atoms with E-state index in [-0.39, 0.29) is 5.69 Å². The van der Waals surface area contributed by atoms with Gasteiger partial charge < -0.3 is 20.4 Å². The van der Waals surface area contributed by atoms with Gasteiger partial charge in [0.1, 0.15) is 0 Å². The smallest absolute Gasteiger partial charge is 0.382 e. The zero-order chi connectivity index (χ0) is 14.9. The van der Waals surface area contributed by atoms with E-state index in [0.29, 0.717) is 16.6 Å². The highest BCUT2D eigenvalue weighted by atomic mass is 19.4. The van der Waals surface area contributed by atoms with Crippen LogP contribution < -0.4 is 11.0 Å². The SMILES string of the molecule is CC(NCC(O)C(F)(F)F)c1ccc2[nH]c(=O)[nH]c2c1. The van der Waals surface area contributed by atoms with Crippen LogP contribution in [0.15, 0.2) is 23.0 Å². The number of halogens is 3. The number of benzene rings is 1. The number of aliphatic hydroxyl groups is 1. The number of H-pyrrole nitrogens is 2. The summed E-state index contributed by atoms with van der Waals surface area (Å²) in [4.78, 5) is 16.3. The lowest BCUT2D eigenvalue weighted by Crippen LogP contribution is -2.39. The van der Waals surface area contributed by atoms with Gasteiger partial charge in [-0.2, -0.15) is 13.2 Å². The van der Waals surface area contributed by atoms with Gasteiger partial charge in [-0.3, -0.25) is 0 Å². The second kappa shape index (κ2) is 5.29. The Morgan fingerprint density at radius 1 is 1.30 bits per heavy atom. The first-order chi connectivity index (χ1) is 9.27. The highest BCUT2D eigenvalue weighted by Crippen LogP contribution is 2.21. The molecule has 0 fully saturated rings. The quantitative estimate of drug-likeness (QED) is 0.687. The minimum Gasteiger partial charge on any atom is -0.382 e. The number of hydrogen-bond donors (Lipinski definition) is 4. The molecule has 110 valence electrons. The minimum absolute atomic E-state index is 0.342. The van der Waals surface area contributed by atoms with Crippen molar-refractivity contribution in [2.75, 3.05) is 6.54 Å². The maximum atomic E-state index is 12.2. The Morgan fingerprint density at radius 3 is 2.60 bits per heavy atom. The Morgan fingerprint density at radius 2 is 1.95 bits per heavy atom. The van der Waals surface area contributed by atoms with Crippen LogP contribution >= 0.6 is 0 Å². The summed E-state index contributed by atoms with van der Waals surface area (Å²) in [5, 5.41) is 11.5. The van der Waals surface area contributed by atoms with E-state index in [2.05, 4.69) is 15.3 Å². The number of aliphatic hydroxyl groups excluding tert-OH is 1. The summed E-state index contributed by atoms with van der Waals surface area (Å²) in [5.41, 5.74) is 1.58. The molecule has 20 heavy (non-hydrogen) atoms. The molecule has 4 N–H and O–H groups in total. The number of hydrogen-bond acceptors (Lipinski definition) is 3. The van der Waals surface area contributed by atoms with Crippen LogP contribution in [0.1, 0.15) is 18.5 Å². The Hall–Kier alpha value is -1.80. The third-order valence-corrected chi connectivity index (χ3v) is 3.04. The lowest BCUT2D eigenvalue weighted by Gasteiger charge is -2.19. The standard InChI is InChI=1S/C12H14F3N3O2/c1-6(16-5-10(19)12(13,14)15)7-2-3-8-9(4-7)18-11(20)17-8/h2-4,6,10,16,19H,5H2,1H3,(H2,17,18,20). The third kappa shape index (κ3) is 3.20. The monoisotopic (exact) mass is 289 g/mol. The molecular formula is C12H14F3N3O2.